The van der Waals surface area contributed by atoms with Crippen molar-refractivity contribution in [3.8, 4) is 0 Å². The summed E-state index contributed by atoms with van der Waals surface area (Å²) in [6.07, 6.45) is 12.2. The molecule has 3 aliphatic rings. The predicted octanol–water partition coefficient (Wildman–Crippen LogP) is 1.44. The molecule has 0 aromatic carbocycles. The lowest BCUT2D eigenvalue weighted by molar-refractivity contribution is -0.127. The van der Waals surface area contributed by atoms with E-state index in [4.69, 9.17) is 0 Å². The van der Waals surface area contributed by atoms with Crippen molar-refractivity contribution in [3.05, 3.63) is 18.6 Å². The monoisotopic (exact) mass is 329 g/mol. The van der Waals surface area contributed by atoms with Gasteiger partial charge in [-0.05, 0) is 45.1 Å². The Hall–Kier alpha value is -1.69. The third kappa shape index (κ3) is 3.69. The molecule has 1 aliphatic carbocycles. The van der Waals surface area contributed by atoms with Crippen LogP contribution in [0.5, 0.6) is 0 Å². The van der Waals surface area contributed by atoms with E-state index in [2.05, 4.69) is 25.1 Å². The zero-order valence-electron chi connectivity index (χ0n) is 14.2. The molecule has 0 radical (unpaired) electrons. The predicted molar refractivity (Wildman–Crippen MR) is 92.7 cm³/mol. The van der Waals surface area contributed by atoms with Crippen molar-refractivity contribution in [1.82, 2.24) is 20.2 Å². The molecule has 24 heavy (non-hydrogen) atoms. The van der Waals surface area contributed by atoms with Crippen LogP contribution in [0.25, 0.3) is 0 Å². The van der Waals surface area contributed by atoms with E-state index in [-0.39, 0.29) is 5.92 Å². The summed E-state index contributed by atoms with van der Waals surface area (Å²) >= 11 is 0. The average Bonchev–Trinajstić information content (AvgIpc) is 3.47. The number of hydrogen-bond acceptors (Lipinski definition) is 5. The summed E-state index contributed by atoms with van der Waals surface area (Å²) in [4.78, 5) is 25.8. The van der Waals surface area contributed by atoms with Crippen LogP contribution in [0.1, 0.15) is 38.5 Å². The molecule has 4 rings (SSSR count). The summed E-state index contributed by atoms with van der Waals surface area (Å²) in [6.45, 7) is 4.13. The Morgan fingerprint density at radius 1 is 1.08 bits per heavy atom. The molecule has 1 amide bonds. The van der Waals surface area contributed by atoms with Crippen molar-refractivity contribution in [3.63, 3.8) is 0 Å². The number of nitrogens with one attached hydrogen (secondary N) is 1. The minimum Gasteiger partial charge on any atom is -0.355 e. The van der Waals surface area contributed by atoms with Crippen LogP contribution in [-0.2, 0) is 4.79 Å². The van der Waals surface area contributed by atoms with Crippen molar-refractivity contribution in [1.29, 1.82) is 0 Å². The van der Waals surface area contributed by atoms with Gasteiger partial charge in [-0.15, -0.1) is 0 Å². The summed E-state index contributed by atoms with van der Waals surface area (Å²) in [5, 5.41) is 3.19. The molecule has 1 unspecified atom stereocenters. The van der Waals surface area contributed by atoms with Gasteiger partial charge in [-0.1, -0.05) is 0 Å². The number of amides is 1. The van der Waals surface area contributed by atoms with Gasteiger partial charge in [0.1, 0.15) is 5.82 Å². The van der Waals surface area contributed by atoms with Crippen molar-refractivity contribution >= 4 is 11.7 Å². The molecule has 2 saturated heterocycles. The third-order valence-electron chi connectivity index (χ3n) is 5.60. The maximum absolute atomic E-state index is 12.4. The highest BCUT2D eigenvalue weighted by atomic mass is 16.2. The number of likely N-dealkylation sites (tertiary alicyclic amines) is 1. The Morgan fingerprint density at radius 2 is 1.92 bits per heavy atom. The molecule has 6 nitrogen and oxygen atoms in total. The first-order valence-corrected chi connectivity index (χ1v) is 9.35. The molecule has 1 aromatic heterocycles. The van der Waals surface area contributed by atoms with Crippen LogP contribution < -0.4 is 10.2 Å². The fourth-order valence-corrected chi connectivity index (χ4v) is 4.01. The fourth-order valence-electron chi connectivity index (χ4n) is 4.01. The second-order valence-corrected chi connectivity index (χ2v) is 7.40. The second-order valence-electron chi connectivity index (χ2n) is 7.40. The van der Waals surface area contributed by atoms with E-state index in [1.165, 1.54) is 12.8 Å². The molecule has 0 bridgehead atoms. The minimum atomic E-state index is 0.192. The van der Waals surface area contributed by atoms with Crippen molar-refractivity contribution < 1.29 is 4.79 Å². The van der Waals surface area contributed by atoms with Gasteiger partial charge in [0.25, 0.3) is 0 Å². The minimum absolute atomic E-state index is 0.192. The molecule has 1 atom stereocenters. The highest BCUT2D eigenvalue weighted by molar-refractivity contribution is 5.79. The highest BCUT2D eigenvalue weighted by Crippen LogP contribution is 2.26. The van der Waals surface area contributed by atoms with Gasteiger partial charge >= 0.3 is 0 Å². The first-order chi connectivity index (χ1) is 11.8. The van der Waals surface area contributed by atoms with Gasteiger partial charge < -0.3 is 10.2 Å². The Morgan fingerprint density at radius 3 is 2.62 bits per heavy atom. The molecule has 3 heterocycles. The summed E-state index contributed by atoms with van der Waals surface area (Å²) in [5.41, 5.74) is 0. The van der Waals surface area contributed by atoms with Crippen molar-refractivity contribution in [2.24, 2.45) is 5.92 Å². The lowest BCUT2D eigenvalue weighted by atomic mass is 9.93. The van der Waals surface area contributed by atoms with Crippen LogP contribution in [0, 0.1) is 5.92 Å². The molecule has 6 heteroatoms. The number of piperidine rings is 2. The molecule has 3 fully saturated rings. The Labute approximate surface area is 143 Å². The summed E-state index contributed by atoms with van der Waals surface area (Å²) in [5.74, 6) is 1.47. The number of nitrogens with zero attached hydrogens (tertiary/aromatic N) is 4. The van der Waals surface area contributed by atoms with Crippen LogP contribution in [-0.4, -0.2) is 59.0 Å². The smallest absolute Gasteiger partial charge is 0.224 e. The Bertz CT molecular complexity index is 554. The van der Waals surface area contributed by atoms with Gasteiger partial charge in [-0.25, -0.2) is 4.98 Å². The van der Waals surface area contributed by atoms with Crippen molar-refractivity contribution in [2.45, 2.75) is 50.6 Å². The molecule has 2 aliphatic heterocycles. The summed E-state index contributed by atoms with van der Waals surface area (Å²) < 4.78 is 0. The van der Waals surface area contributed by atoms with Gasteiger partial charge in [-0.2, -0.15) is 0 Å². The van der Waals surface area contributed by atoms with Gasteiger partial charge in [-0.3, -0.25) is 14.7 Å². The molecular weight excluding hydrogens is 302 g/mol. The van der Waals surface area contributed by atoms with E-state index >= 15 is 0 Å². The first-order valence-electron chi connectivity index (χ1n) is 9.35. The number of aromatic nitrogens is 2. The van der Waals surface area contributed by atoms with E-state index in [0.717, 1.165) is 57.7 Å². The SMILES string of the molecule is O=C(NC1CC1)C1CCCN(C2CCN(c3cnccn3)CC2)C1. The Kier molecular flexibility index (Phi) is 4.65. The zero-order chi connectivity index (χ0) is 16.4. The number of rotatable bonds is 4. The molecule has 0 spiro atoms. The lowest BCUT2D eigenvalue weighted by Gasteiger charge is -2.42. The van der Waals surface area contributed by atoms with Gasteiger partial charge in [0, 0.05) is 44.1 Å². The largest absolute Gasteiger partial charge is 0.355 e. The van der Waals surface area contributed by atoms with E-state index in [1.807, 2.05) is 6.20 Å². The van der Waals surface area contributed by atoms with Crippen LogP contribution in [0.2, 0.25) is 0 Å². The van der Waals surface area contributed by atoms with E-state index in [0.29, 0.717) is 18.0 Å². The van der Waals surface area contributed by atoms with Gasteiger partial charge in [0.2, 0.25) is 5.91 Å². The average molecular weight is 329 g/mol. The number of carbonyl (C=O) groups is 1. The van der Waals surface area contributed by atoms with Gasteiger partial charge in [0.05, 0.1) is 12.1 Å². The lowest BCUT2D eigenvalue weighted by Crippen LogP contribution is -2.51. The zero-order valence-corrected chi connectivity index (χ0v) is 14.2. The van der Waals surface area contributed by atoms with E-state index in [1.54, 1.807) is 12.4 Å². The topological polar surface area (TPSA) is 61.4 Å². The van der Waals surface area contributed by atoms with Gasteiger partial charge in [0.15, 0.2) is 0 Å². The normalized spacial score (nSPS) is 26.3. The summed E-state index contributed by atoms with van der Waals surface area (Å²) in [6, 6.07) is 1.08. The molecule has 1 saturated carbocycles. The maximum Gasteiger partial charge on any atom is 0.224 e. The Balaban J connectivity index is 1.29. The molecular formula is C18H27N5O. The van der Waals surface area contributed by atoms with Crippen molar-refractivity contribution in [2.75, 3.05) is 31.1 Å². The fraction of sp³-hybridized carbons (Fsp3) is 0.722. The maximum atomic E-state index is 12.4. The van der Waals surface area contributed by atoms with Crippen LogP contribution in [0.4, 0.5) is 5.82 Å². The third-order valence-corrected chi connectivity index (χ3v) is 5.60. The highest BCUT2D eigenvalue weighted by Gasteiger charge is 2.33. The molecule has 1 N–H and O–H groups in total. The van der Waals surface area contributed by atoms with Crippen LogP contribution in [0.15, 0.2) is 18.6 Å². The number of anilines is 1. The standard InChI is InChI=1S/C18H27N5O/c24-18(21-15-3-4-15)14-2-1-9-23(13-14)16-5-10-22(11-6-16)17-12-19-7-8-20-17/h7-8,12,14-16H,1-6,9-11,13H2,(H,21,24). The van der Waals surface area contributed by atoms with Crippen LogP contribution >= 0.6 is 0 Å². The van der Waals surface area contributed by atoms with E-state index < -0.39 is 0 Å². The second kappa shape index (κ2) is 7.05. The molecule has 130 valence electrons. The number of carbonyl (C=O) groups excluding carboxylic acids is 1. The quantitative estimate of drug-likeness (QED) is 0.906. The first kappa shape index (κ1) is 15.8. The number of hydrogen-bond donors (Lipinski definition) is 1. The summed E-state index contributed by atoms with van der Waals surface area (Å²) in [7, 11) is 0. The van der Waals surface area contributed by atoms with E-state index in [9.17, 15) is 4.79 Å². The molecule has 1 aromatic rings. The van der Waals surface area contributed by atoms with Crippen LogP contribution in [0.3, 0.4) is 0 Å².